The third-order valence-corrected chi connectivity index (χ3v) is 3.90. The van der Waals surface area contributed by atoms with Gasteiger partial charge in [-0.1, -0.05) is 13.0 Å². The number of rotatable bonds is 7. The summed E-state index contributed by atoms with van der Waals surface area (Å²) in [5, 5.41) is 0. The van der Waals surface area contributed by atoms with Gasteiger partial charge in [0.05, 0.1) is 13.2 Å². The zero-order valence-corrected chi connectivity index (χ0v) is 13.1. The first-order chi connectivity index (χ1) is 10.2. The minimum Gasteiger partial charge on any atom is -0.494 e. The van der Waals surface area contributed by atoms with E-state index in [1.165, 1.54) is 20.0 Å². The fraction of sp³-hybridized carbons (Fsp3) is 0.647. The molecule has 0 saturated carbocycles. The van der Waals surface area contributed by atoms with Crippen molar-refractivity contribution in [1.82, 2.24) is 4.90 Å². The summed E-state index contributed by atoms with van der Waals surface area (Å²) in [6.45, 7) is 5.74. The van der Waals surface area contributed by atoms with Gasteiger partial charge in [0.2, 0.25) is 0 Å². The predicted molar refractivity (Wildman–Crippen MR) is 82.1 cm³/mol. The maximum Gasteiger partial charge on any atom is 0.165 e. The molecule has 1 unspecified atom stereocenters. The molecule has 4 heteroatoms. The largest absolute Gasteiger partial charge is 0.494 e. The predicted octanol–water partition coefficient (Wildman–Crippen LogP) is 3.62. The van der Waals surface area contributed by atoms with E-state index in [1.807, 2.05) is 6.07 Å². The Morgan fingerprint density at radius 3 is 2.86 bits per heavy atom. The van der Waals surface area contributed by atoms with Crippen LogP contribution < -0.4 is 4.74 Å². The van der Waals surface area contributed by atoms with Crippen LogP contribution in [0.5, 0.6) is 5.75 Å². The van der Waals surface area contributed by atoms with E-state index in [1.54, 1.807) is 12.1 Å². The van der Waals surface area contributed by atoms with Gasteiger partial charge in [0.15, 0.2) is 11.6 Å². The molecule has 0 aliphatic carbocycles. The molecule has 1 aromatic rings. The second-order valence-corrected chi connectivity index (χ2v) is 5.69. The van der Waals surface area contributed by atoms with Gasteiger partial charge < -0.3 is 9.47 Å². The van der Waals surface area contributed by atoms with Crippen molar-refractivity contribution < 1.29 is 13.9 Å². The highest BCUT2D eigenvalue weighted by Gasteiger charge is 2.18. The summed E-state index contributed by atoms with van der Waals surface area (Å²) >= 11 is 0. The van der Waals surface area contributed by atoms with Crippen molar-refractivity contribution in [2.45, 2.75) is 45.3 Å². The van der Waals surface area contributed by atoms with E-state index in [0.717, 1.165) is 44.6 Å². The Bertz CT molecular complexity index is 433. The minimum absolute atomic E-state index is 0.291. The van der Waals surface area contributed by atoms with E-state index in [-0.39, 0.29) is 5.82 Å². The number of hydrogen-bond acceptors (Lipinski definition) is 3. The van der Waals surface area contributed by atoms with Gasteiger partial charge in [-0.15, -0.1) is 0 Å². The molecule has 1 saturated heterocycles. The van der Waals surface area contributed by atoms with Crippen LogP contribution in [0, 0.1) is 5.82 Å². The van der Waals surface area contributed by atoms with E-state index in [0.29, 0.717) is 11.9 Å². The van der Waals surface area contributed by atoms with Crippen molar-refractivity contribution in [2.24, 2.45) is 0 Å². The zero-order valence-electron chi connectivity index (χ0n) is 13.1. The number of ether oxygens (including phenoxy) is 2. The Labute approximate surface area is 127 Å². The van der Waals surface area contributed by atoms with Gasteiger partial charge in [0, 0.05) is 19.7 Å². The van der Waals surface area contributed by atoms with Gasteiger partial charge in [-0.25, -0.2) is 4.39 Å². The SMILES string of the molecule is CCCN(Cc1ccc(OC)c(F)c1)CC1CCCCO1. The molecule has 1 fully saturated rings. The van der Waals surface area contributed by atoms with E-state index >= 15 is 0 Å². The number of nitrogens with zero attached hydrogens (tertiary/aromatic N) is 1. The topological polar surface area (TPSA) is 21.7 Å². The summed E-state index contributed by atoms with van der Waals surface area (Å²) in [7, 11) is 1.49. The van der Waals surface area contributed by atoms with E-state index in [2.05, 4.69) is 11.8 Å². The Kier molecular flexibility index (Phi) is 6.46. The van der Waals surface area contributed by atoms with Crippen LogP contribution in [0.15, 0.2) is 18.2 Å². The zero-order chi connectivity index (χ0) is 15.1. The van der Waals surface area contributed by atoms with Gasteiger partial charge in [-0.05, 0) is 49.9 Å². The highest BCUT2D eigenvalue weighted by Crippen LogP contribution is 2.20. The highest BCUT2D eigenvalue weighted by atomic mass is 19.1. The summed E-state index contributed by atoms with van der Waals surface area (Å²) in [5.41, 5.74) is 0.984. The number of benzene rings is 1. The van der Waals surface area contributed by atoms with Crippen LogP contribution in [0.25, 0.3) is 0 Å². The molecule has 0 amide bonds. The molecule has 0 aromatic heterocycles. The normalized spacial score (nSPS) is 19.0. The average Bonchev–Trinajstić information content (AvgIpc) is 2.49. The molecule has 3 nitrogen and oxygen atoms in total. The van der Waals surface area contributed by atoms with Crippen molar-refractivity contribution in [3.8, 4) is 5.75 Å². The molecule has 1 aliphatic heterocycles. The van der Waals surface area contributed by atoms with Crippen LogP contribution in [0.3, 0.4) is 0 Å². The minimum atomic E-state index is -0.291. The molecular formula is C17H26FNO2. The molecule has 1 atom stereocenters. The summed E-state index contributed by atoms with van der Waals surface area (Å²) in [5.74, 6) is 0.0109. The molecule has 1 heterocycles. The lowest BCUT2D eigenvalue weighted by Gasteiger charge is -2.29. The fourth-order valence-corrected chi connectivity index (χ4v) is 2.86. The number of methoxy groups -OCH3 is 1. The molecule has 0 spiro atoms. The monoisotopic (exact) mass is 295 g/mol. The quantitative estimate of drug-likeness (QED) is 0.767. The van der Waals surface area contributed by atoms with Crippen LogP contribution in [0.1, 0.15) is 38.2 Å². The molecule has 0 radical (unpaired) electrons. The van der Waals surface area contributed by atoms with E-state index < -0.39 is 0 Å². The summed E-state index contributed by atoms with van der Waals surface area (Å²) in [6.07, 6.45) is 4.98. The van der Waals surface area contributed by atoms with E-state index in [4.69, 9.17) is 9.47 Å². The molecular weight excluding hydrogens is 269 g/mol. The second-order valence-electron chi connectivity index (χ2n) is 5.69. The van der Waals surface area contributed by atoms with Gasteiger partial charge in [-0.2, -0.15) is 0 Å². The first kappa shape index (κ1) is 16.2. The van der Waals surface area contributed by atoms with Gasteiger partial charge in [0.1, 0.15) is 0 Å². The summed E-state index contributed by atoms with van der Waals surface area (Å²) in [6, 6.07) is 5.21. The maximum atomic E-state index is 13.8. The molecule has 21 heavy (non-hydrogen) atoms. The second kappa shape index (κ2) is 8.35. The van der Waals surface area contributed by atoms with Gasteiger partial charge in [0.25, 0.3) is 0 Å². The Balaban J connectivity index is 1.96. The maximum absolute atomic E-state index is 13.8. The molecule has 1 aromatic carbocycles. The molecule has 2 rings (SSSR count). The average molecular weight is 295 g/mol. The van der Waals surface area contributed by atoms with Crippen LogP contribution in [-0.2, 0) is 11.3 Å². The molecule has 0 N–H and O–H groups in total. The van der Waals surface area contributed by atoms with Crippen molar-refractivity contribution in [1.29, 1.82) is 0 Å². The smallest absolute Gasteiger partial charge is 0.165 e. The van der Waals surface area contributed by atoms with Crippen LogP contribution >= 0.6 is 0 Å². The Morgan fingerprint density at radius 2 is 2.24 bits per heavy atom. The lowest BCUT2D eigenvalue weighted by atomic mass is 10.1. The summed E-state index contributed by atoms with van der Waals surface area (Å²) in [4.78, 5) is 2.36. The van der Waals surface area contributed by atoms with Crippen LogP contribution in [0.4, 0.5) is 4.39 Å². The van der Waals surface area contributed by atoms with Crippen molar-refractivity contribution in [3.05, 3.63) is 29.6 Å². The number of halogens is 1. The van der Waals surface area contributed by atoms with Crippen LogP contribution in [-0.4, -0.2) is 37.8 Å². The lowest BCUT2D eigenvalue weighted by Crippen LogP contribution is -2.36. The van der Waals surface area contributed by atoms with Crippen LogP contribution in [0.2, 0.25) is 0 Å². The van der Waals surface area contributed by atoms with Gasteiger partial charge >= 0.3 is 0 Å². The van der Waals surface area contributed by atoms with E-state index in [9.17, 15) is 4.39 Å². The molecule has 0 bridgehead atoms. The lowest BCUT2D eigenvalue weighted by molar-refractivity contribution is -0.00714. The fourth-order valence-electron chi connectivity index (χ4n) is 2.86. The third kappa shape index (κ3) is 4.97. The Morgan fingerprint density at radius 1 is 1.38 bits per heavy atom. The first-order valence-electron chi connectivity index (χ1n) is 7.89. The van der Waals surface area contributed by atoms with Crippen molar-refractivity contribution >= 4 is 0 Å². The van der Waals surface area contributed by atoms with Gasteiger partial charge in [-0.3, -0.25) is 4.90 Å². The third-order valence-electron chi connectivity index (χ3n) is 3.90. The standard InChI is InChI=1S/C17H26FNO2/c1-3-9-19(13-15-6-4-5-10-21-15)12-14-7-8-17(20-2)16(18)11-14/h7-8,11,15H,3-6,9-10,12-13H2,1-2H3. The van der Waals surface area contributed by atoms with Crippen molar-refractivity contribution in [2.75, 3.05) is 26.8 Å². The molecule has 1 aliphatic rings. The summed E-state index contributed by atoms with van der Waals surface area (Å²) < 4.78 is 24.6. The Hall–Kier alpha value is -1.13. The molecule has 118 valence electrons. The first-order valence-corrected chi connectivity index (χ1v) is 7.89. The number of hydrogen-bond donors (Lipinski definition) is 0. The van der Waals surface area contributed by atoms with Crippen molar-refractivity contribution in [3.63, 3.8) is 0 Å². The highest BCUT2D eigenvalue weighted by molar-refractivity contribution is 5.29.